The quantitative estimate of drug-likeness (QED) is 0.805. The molecule has 0 spiro atoms. The highest BCUT2D eigenvalue weighted by Crippen LogP contribution is 2.20. The lowest BCUT2D eigenvalue weighted by Gasteiger charge is -2.14. The maximum Gasteiger partial charge on any atom is 0.387 e. The van der Waals surface area contributed by atoms with Crippen molar-refractivity contribution in [2.45, 2.75) is 32.4 Å². The topological polar surface area (TPSA) is 38.3 Å². The smallest absolute Gasteiger partial charge is 0.387 e. The summed E-state index contributed by atoms with van der Waals surface area (Å²) in [6, 6.07) is 5.38. The minimum Gasteiger partial charge on any atom is -0.434 e. The van der Waals surface area contributed by atoms with Gasteiger partial charge in [-0.25, -0.2) is 0 Å². The van der Waals surface area contributed by atoms with E-state index in [0.717, 1.165) is 6.42 Å². The van der Waals surface area contributed by atoms with Crippen LogP contribution in [0.3, 0.4) is 0 Å². The molecule has 19 heavy (non-hydrogen) atoms. The molecule has 0 aliphatic rings. The Morgan fingerprint density at radius 1 is 1.47 bits per heavy atom. The Morgan fingerprint density at radius 2 is 2.16 bits per heavy atom. The van der Waals surface area contributed by atoms with Gasteiger partial charge in [0.05, 0.1) is 11.6 Å². The third-order valence-corrected chi connectivity index (χ3v) is 2.43. The van der Waals surface area contributed by atoms with Gasteiger partial charge in [-0.05, 0) is 18.6 Å². The van der Waals surface area contributed by atoms with Crippen LogP contribution in [0.15, 0.2) is 24.3 Å². The molecule has 0 heterocycles. The van der Waals surface area contributed by atoms with E-state index in [2.05, 4.69) is 16.0 Å². The molecule has 5 heteroatoms. The molecule has 1 aromatic carbocycles. The van der Waals surface area contributed by atoms with E-state index in [9.17, 15) is 13.6 Å². The van der Waals surface area contributed by atoms with E-state index < -0.39 is 18.6 Å². The number of terminal acetylenes is 1. The predicted molar refractivity (Wildman–Crippen MR) is 68.1 cm³/mol. The Labute approximate surface area is 111 Å². The number of alkyl halides is 2. The van der Waals surface area contributed by atoms with Crippen molar-refractivity contribution in [2.75, 3.05) is 0 Å². The molecule has 1 rings (SSSR count). The largest absolute Gasteiger partial charge is 0.434 e. The number of benzene rings is 1. The zero-order valence-corrected chi connectivity index (χ0v) is 10.5. The maximum atomic E-state index is 12.2. The van der Waals surface area contributed by atoms with Gasteiger partial charge in [0.15, 0.2) is 0 Å². The first-order valence-electron chi connectivity index (χ1n) is 5.89. The average molecular weight is 267 g/mol. The maximum absolute atomic E-state index is 12.2. The van der Waals surface area contributed by atoms with Gasteiger partial charge < -0.3 is 10.1 Å². The molecule has 0 radical (unpaired) electrons. The van der Waals surface area contributed by atoms with Crippen LogP contribution in [0, 0.1) is 12.3 Å². The zero-order valence-electron chi connectivity index (χ0n) is 10.5. The fraction of sp³-hybridized carbons (Fsp3) is 0.357. The number of nitrogens with one attached hydrogen (secondary N) is 1. The summed E-state index contributed by atoms with van der Waals surface area (Å²) >= 11 is 0. The molecule has 0 aliphatic carbocycles. The van der Waals surface area contributed by atoms with E-state index in [1.807, 2.05) is 6.92 Å². The number of hydrogen-bond donors (Lipinski definition) is 1. The summed E-state index contributed by atoms with van der Waals surface area (Å²) in [6.07, 6.45) is 6.72. The molecule has 1 amide bonds. The van der Waals surface area contributed by atoms with Gasteiger partial charge in [-0.1, -0.05) is 31.4 Å². The van der Waals surface area contributed by atoms with Crippen LogP contribution in [0.5, 0.6) is 5.75 Å². The molecule has 0 aromatic heterocycles. The molecule has 1 atom stereocenters. The summed E-state index contributed by atoms with van der Waals surface area (Å²) in [5, 5.41) is 2.60. The second-order valence-electron chi connectivity index (χ2n) is 3.86. The number of carbonyl (C=O) groups is 1. The molecule has 0 saturated heterocycles. The van der Waals surface area contributed by atoms with E-state index in [0.29, 0.717) is 6.42 Å². The number of para-hydroxylation sites is 1. The van der Waals surface area contributed by atoms with Crippen LogP contribution in [0.1, 0.15) is 30.1 Å². The molecular weight excluding hydrogens is 252 g/mol. The number of carbonyl (C=O) groups excluding carboxylic acids is 1. The molecule has 3 nitrogen and oxygen atoms in total. The second-order valence-corrected chi connectivity index (χ2v) is 3.86. The zero-order chi connectivity index (χ0) is 14.3. The molecule has 0 fully saturated rings. The van der Waals surface area contributed by atoms with Crippen molar-refractivity contribution in [1.82, 2.24) is 5.32 Å². The van der Waals surface area contributed by atoms with Gasteiger partial charge in [0, 0.05) is 0 Å². The van der Waals surface area contributed by atoms with Crippen LogP contribution in [-0.2, 0) is 0 Å². The van der Waals surface area contributed by atoms with Gasteiger partial charge in [0.25, 0.3) is 5.91 Å². The number of hydrogen-bond acceptors (Lipinski definition) is 2. The van der Waals surface area contributed by atoms with Crippen molar-refractivity contribution < 1.29 is 18.3 Å². The third-order valence-electron chi connectivity index (χ3n) is 2.43. The third kappa shape index (κ3) is 4.59. The van der Waals surface area contributed by atoms with E-state index in [4.69, 9.17) is 6.42 Å². The standard InChI is InChI=1S/C14H15F2NO2/c1-3-7-10(4-2)17-13(18)11-8-5-6-9-12(11)19-14(15)16/h2,5-6,8-10,14H,3,7H2,1H3,(H,17,18). The van der Waals surface area contributed by atoms with Crippen molar-refractivity contribution in [3.05, 3.63) is 29.8 Å². The SMILES string of the molecule is C#CC(CCC)NC(=O)c1ccccc1OC(F)F. The van der Waals surface area contributed by atoms with Gasteiger partial charge in [0.1, 0.15) is 5.75 Å². The fourth-order valence-corrected chi connectivity index (χ4v) is 1.57. The van der Waals surface area contributed by atoms with Crippen molar-refractivity contribution in [3.63, 3.8) is 0 Å². The molecular formula is C14H15F2NO2. The van der Waals surface area contributed by atoms with Crippen molar-refractivity contribution in [3.8, 4) is 18.1 Å². The highest BCUT2D eigenvalue weighted by molar-refractivity contribution is 5.97. The minimum atomic E-state index is -2.98. The van der Waals surface area contributed by atoms with E-state index >= 15 is 0 Å². The number of halogens is 2. The Bertz CT molecular complexity index is 469. The van der Waals surface area contributed by atoms with Gasteiger partial charge >= 0.3 is 6.61 Å². The predicted octanol–water partition coefficient (Wildman–Crippen LogP) is 2.82. The Kier molecular flexibility index (Phi) is 5.80. The summed E-state index contributed by atoms with van der Waals surface area (Å²) in [6.45, 7) is -1.04. The van der Waals surface area contributed by atoms with Crippen LogP contribution >= 0.6 is 0 Å². The van der Waals surface area contributed by atoms with Crippen LogP contribution in [0.25, 0.3) is 0 Å². The van der Waals surface area contributed by atoms with E-state index in [1.54, 1.807) is 6.07 Å². The van der Waals surface area contributed by atoms with E-state index in [1.165, 1.54) is 18.2 Å². The lowest BCUT2D eigenvalue weighted by atomic mass is 10.1. The number of amides is 1. The van der Waals surface area contributed by atoms with Gasteiger partial charge in [-0.3, -0.25) is 4.79 Å². The normalized spacial score (nSPS) is 11.7. The van der Waals surface area contributed by atoms with Crippen LogP contribution < -0.4 is 10.1 Å². The monoisotopic (exact) mass is 267 g/mol. The summed E-state index contributed by atoms with van der Waals surface area (Å²) in [4.78, 5) is 12.0. The molecule has 1 unspecified atom stereocenters. The molecule has 102 valence electrons. The second kappa shape index (κ2) is 7.37. The van der Waals surface area contributed by atoms with E-state index in [-0.39, 0.29) is 11.3 Å². The number of rotatable bonds is 6. The Hall–Kier alpha value is -2.09. The lowest BCUT2D eigenvalue weighted by molar-refractivity contribution is -0.0501. The van der Waals surface area contributed by atoms with Crippen LogP contribution in [-0.4, -0.2) is 18.6 Å². The van der Waals surface area contributed by atoms with Gasteiger partial charge in [-0.2, -0.15) is 8.78 Å². The van der Waals surface area contributed by atoms with Crippen LogP contribution in [0.2, 0.25) is 0 Å². The Balaban J connectivity index is 2.84. The van der Waals surface area contributed by atoms with Crippen molar-refractivity contribution in [1.29, 1.82) is 0 Å². The first-order chi connectivity index (χ1) is 9.08. The highest BCUT2D eigenvalue weighted by Gasteiger charge is 2.17. The van der Waals surface area contributed by atoms with Crippen LogP contribution in [0.4, 0.5) is 8.78 Å². The summed E-state index contributed by atoms with van der Waals surface area (Å²) in [5.41, 5.74) is 0.0409. The Morgan fingerprint density at radius 3 is 2.74 bits per heavy atom. The average Bonchev–Trinajstić information content (AvgIpc) is 2.38. The summed E-state index contributed by atoms with van der Waals surface area (Å²) < 4.78 is 28.8. The first-order valence-corrected chi connectivity index (χ1v) is 5.89. The van der Waals surface area contributed by atoms with Crippen molar-refractivity contribution >= 4 is 5.91 Å². The fourth-order valence-electron chi connectivity index (χ4n) is 1.57. The molecule has 1 aromatic rings. The van der Waals surface area contributed by atoms with Crippen molar-refractivity contribution in [2.24, 2.45) is 0 Å². The highest BCUT2D eigenvalue weighted by atomic mass is 19.3. The molecule has 1 N–H and O–H groups in total. The van der Waals surface area contributed by atoms with Gasteiger partial charge in [0.2, 0.25) is 0 Å². The number of ether oxygens (including phenoxy) is 1. The van der Waals surface area contributed by atoms with Gasteiger partial charge in [-0.15, -0.1) is 6.42 Å². The lowest BCUT2D eigenvalue weighted by Crippen LogP contribution is -2.33. The summed E-state index contributed by atoms with van der Waals surface area (Å²) in [7, 11) is 0. The molecule has 0 aliphatic heterocycles. The first kappa shape index (κ1) is 15.0. The summed E-state index contributed by atoms with van der Waals surface area (Å²) in [5.74, 6) is 1.76. The minimum absolute atomic E-state index is 0.0409. The molecule has 0 bridgehead atoms. The molecule has 0 saturated carbocycles.